The summed E-state index contributed by atoms with van der Waals surface area (Å²) < 4.78 is 86.4. The van der Waals surface area contributed by atoms with Crippen LogP contribution in [0.4, 0.5) is 33.5 Å². The van der Waals surface area contributed by atoms with Crippen LogP contribution in [0.1, 0.15) is 70.4 Å². The molecule has 3 saturated heterocycles. The number of nitrogens with zero attached hydrogens (tertiary/aromatic N) is 7. The minimum absolute atomic E-state index is 0.0272. The predicted octanol–water partition coefficient (Wildman–Crippen LogP) is 4.54. The number of hydrogen-bond acceptors (Lipinski definition) is 10. The quantitative estimate of drug-likeness (QED) is 0.250. The Morgan fingerprint density at radius 1 is 1.17 bits per heavy atom. The Balaban J connectivity index is 1.13. The molecule has 53 heavy (non-hydrogen) atoms. The first-order valence-corrected chi connectivity index (χ1v) is 18.4. The van der Waals surface area contributed by atoms with Crippen molar-refractivity contribution in [3.63, 3.8) is 0 Å². The van der Waals surface area contributed by atoms with Gasteiger partial charge in [-0.3, -0.25) is 14.4 Å². The second-order valence-electron chi connectivity index (χ2n) is 14.8. The number of hydrogen-bond donors (Lipinski definition) is 2. The van der Waals surface area contributed by atoms with E-state index in [0.717, 1.165) is 38.1 Å². The smallest absolute Gasteiger partial charge is 0.416 e. The number of nitrogens with one attached hydrogen (secondary N) is 1. The summed E-state index contributed by atoms with van der Waals surface area (Å²) >= 11 is 6.89. The van der Waals surface area contributed by atoms with E-state index in [-0.39, 0.29) is 48.8 Å². The second kappa shape index (κ2) is 13.8. The fourth-order valence-corrected chi connectivity index (χ4v) is 8.94. The molecule has 0 spiro atoms. The number of fused-ring (bicyclic) bond motifs is 3. The van der Waals surface area contributed by atoms with E-state index >= 15 is 4.39 Å². The van der Waals surface area contributed by atoms with Crippen LogP contribution >= 0.6 is 11.6 Å². The first-order valence-electron chi connectivity index (χ1n) is 18.0. The molecule has 2 aromatic heterocycles. The summed E-state index contributed by atoms with van der Waals surface area (Å²) in [6, 6.07) is 1.62. The van der Waals surface area contributed by atoms with Crippen LogP contribution in [-0.4, -0.2) is 100 Å². The van der Waals surface area contributed by atoms with E-state index < -0.39 is 46.6 Å². The summed E-state index contributed by atoms with van der Waals surface area (Å²) in [6.45, 7) is 4.18. The SMILES string of the molecule is CNCC1CN(C(=O)c2nn3c(c2Cl)CN(c2nc(OC[C@@]45CCCN4C[C@H](F)C5)nc4c2CO[C@H](c2c(C(F)(F)F)ccc(N)c2F)C4)CCC3)C1. The lowest BCUT2D eigenvalue weighted by Gasteiger charge is -2.38. The van der Waals surface area contributed by atoms with Crippen LogP contribution in [0.2, 0.25) is 5.02 Å². The van der Waals surface area contributed by atoms with E-state index in [1.807, 2.05) is 11.9 Å². The number of amides is 1. The van der Waals surface area contributed by atoms with Crippen LogP contribution in [0, 0.1) is 11.7 Å². The van der Waals surface area contributed by atoms with Crippen molar-refractivity contribution in [1.29, 1.82) is 0 Å². The molecule has 0 aliphatic carbocycles. The van der Waals surface area contributed by atoms with Gasteiger partial charge in [-0.2, -0.15) is 28.2 Å². The lowest BCUT2D eigenvalue weighted by atomic mass is 9.94. The van der Waals surface area contributed by atoms with Gasteiger partial charge in [0.1, 0.15) is 18.6 Å². The fourth-order valence-electron chi connectivity index (χ4n) is 8.66. The van der Waals surface area contributed by atoms with Gasteiger partial charge in [-0.05, 0) is 45.0 Å². The maximum Gasteiger partial charge on any atom is 0.416 e. The fraction of sp³-hybridized carbons (Fsp3) is 0.600. The van der Waals surface area contributed by atoms with Gasteiger partial charge in [-0.1, -0.05) is 11.6 Å². The number of nitrogens with two attached hydrogens (primary N) is 1. The molecule has 0 bridgehead atoms. The highest BCUT2D eigenvalue weighted by atomic mass is 35.5. The van der Waals surface area contributed by atoms with Gasteiger partial charge in [0.2, 0.25) is 0 Å². The number of carbonyl (C=O) groups is 1. The van der Waals surface area contributed by atoms with E-state index in [1.54, 1.807) is 9.58 Å². The van der Waals surface area contributed by atoms with Crippen molar-refractivity contribution >= 4 is 29.0 Å². The molecule has 5 aliphatic rings. The highest BCUT2D eigenvalue weighted by Crippen LogP contribution is 2.44. The number of likely N-dealkylation sites (tertiary alicyclic amines) is 1. The van der Waals surface area contributed by atoms with Crippen LogP contribution in [0.5, 0.6) is 6.01 Å². The molecule has 0 saturated carbocycles. The lowest BCUT2D eigenvalue weighted by molar-refractivity contribution is -0.140. The third kappa shape index (κ3) is 6.56. The van der Waals surface area contributed by atoms with Gasteiger partial charge < -0.3 is 30.3 Å². The topological polar surface area (TPSA) is 127 Å². The maximum atomic E-state index is 15.4. The Bertz CT molecular complexity index is 1910. The van der Waals surface area contributed by atoms with Gasteiger partial charge in [0.15, 0.2) is 11.5 Å². The molecule has 0 radical (unpaired) electrons. The number of anilines is 2. The minimum atomic E-state index is -4.86. The van der Waals surface area contributed by atoms with Crippen molar-refractivity contribution in [1.82, 2.24) is 34.9 Å². The molecule has 286 valence electrons. The van der Waals surface area contributed by atoms with Crippen molar-refractivity contribution in [3.8, 4) is 6.01 Å². The second-order valence-corrected chi connectivity index (χ2v) is 15.2. The Morgan fingerprint density at radius 3 is 2.75 bits per heavy atom. The number of aryl methyl sites for hydroxylation is 1. The third-order valence-corrected chi connectivity index (χ3v) is 11.7. The lowest BCUT2D eigenvalue weighted by Crippen LogP contribution is -2.53. The monoisotopic (exact) mass is 765 g/mol. The summed E-state index contributed by atoms with van der Waals surface area (Å²) in [6.07, 6.45) is -4.84. The van der Waals surface area contributed by atoms with Crippen LogP contribution in [-0.2, 0) is 37.0 Å². The van der Waals surface area contributed by atoms with Crippen molar-refractivity contribution in [2.24, 2.45) is 5.92 Å². The summed E-state index contributed by atoms with van der Waals surface area (Å²) in [5.41, 5.74) is 4.57. The number of benzene rings is 1. The molecule has 7 heterocycles. The molecular formula is C35H41ClF5N9O3. The summed E-state index contributed by atoms with van der Waals surface area (Å²) in [4.78, 5) is 28.6. The molecule has 18 heteroatoms. The zero-order valence-corrected chi connectivity index (χ0v) is 29.9. The number of rotatable bonds is 8. The molecule has 8 rings (SSSR count). The van der Waals surface area contributed by atoms with Crippen molar-refractivity contribution in [3.05, 3.63) is 56.7 Å². The summed E-state index contributed by atoms with van der Waals surface area (Å²) in [5.74, 6) is -0.656. The molecule has 3 fully saturated rings. The number of halogens is 6. The average molecular weight is 766 g/mol. The number of aromatic nitrogens is 4. The van der Waals surface area contributed by atoms with Gasteiger partial charge in [0.25, 0.3) is 5.91 Å². The van der Waals surface area contributed by atoms with Crippen LogP contribution in [0.3, 0.4) is 0 Å². The van der Waals surface area contributed by atoms with E-state index in [4.69, 9.17) is 31.8 Å². The van der Waals surface area contributed by atoms with E-state index in [1.165, 1.54) is 0 Å². The van der Waals surface area contributed by atoms with Gasteiger partial charge in [0, 0.05) is 69.2 Å². The third-order valence-electron chi connectivity index (χ3n) is 11.3. The molecule has 12 nitrogen and oxygen atoms in total. The zero-order valence-electron chi connectivity index (χ0n) is 29.2. The van der Waals surface area contributed by atoms with E-state index in [2.05, 4.69) is 20.3 Å². The summed E-state index contributed by atoms with van der Waals surface area (Å²) in [7, 11) is 1.87. The number of nitrogen functional groups attached to an aromatic ring is 1. The number of alkyl halides is 4. The normalized spacial score (nSPS) is 24.8. The Hall–Kier alpha value is -3.80. The first kappa shape index (κ1) is 36.2. The largest absolute Gasteiger partial charge is 0.461 e. The molecule has 5 aliphatic heterocycles. The van der Waals surface area contributed by atoms with Crippen LogP contribution < -0.4 is 20.7 Å². The van der Waals surface area contributed by atoms with Crippen molar-refractivity contribution in [2.75, 3.05) is 63.6 Å². The Labute approximate surface area is 307 Å². The van der Waals surface area contributed by atoms with Crippen LogP contribution in [0.15, 0.2) is 12.1 Å². The maximum absolute atomic E-state index is 15.4. The van der Waals surface area contributed by atoms with E-state index in [9.17, 15) is 22.4 Å². The summed E-state index contributed by atoms with van der Waals surface area (Å²) in [5, 5.41) is 7.98. The van der Waals surface area contributed by atoms with Crippen LogP contribution in [0.25, 0.3) is 0 Å². The average Bonchev–Trinajstić information content (AvgIpc) is 3.67. The van der Waals surface area contributed by atoms with Gasteiger partial charge >= 0.3 is 12.2 Å². The highest BCUT2D eigenvalue weighted by Gasteiger charge is 2.49. The van der Waals surface area contributed by atoms with E-state index in [0.29, 0.717) is 74.3 Å². The number of ether oxygens (including phenoxy) is 2. The molecule has 3 aromatic rings. The molecule has 3 atom stereocenters. The molecule has 3 N–H and O–H groups in total. The number of carbonyl (C=O) groups excluding carboxylic acids is 1. The van der Waals surface area contributed by atoms with Gasteiger partial charge in [-0.25, -0.2) is 8.78 Å². The molecule has 1 aromatic carbocycles. The zero-order chi connectivity index (χ0) is 37.2. The minimum Gasteiger partial charge on any atom is -0.461 e. The predicted molar refractivity (Wildman–Crippen MR) is 184 cm³/mol. The van der Waals surface area contributed by atoms with Gasteiger partial charge in [0.05, 0.1) is 52.5 Å². The standard InChI is InChI=1S/C35H41ClF5N9O3/c1-43-12-19-13-48(14-19)32(51)30-28(36)25-16-47(7-3-9-50(25)46-30)31-21-17-52-26(27-22(35(39,40)41)4-5-23(42)29(27)38)10-24(21)44-33(45-31)53-18-34-6-2-8-49(34)15-20(37)11-34/h4-5,19-20,26,43H,2-3,6-18,42H2,1H3/t20-,26+,34+/m1/s1. The molecule has 1 amide bonds. The highest BCUT2D eigenvalue weighted by molar-refractivity contribution is 6.34. The molecular weight excluding hydrogens is 725 g/mol. The van der Waals surface area contributed by atoms with Crippen molar-refractivity contribution < 1.29 is 36.2 Å². The van der Waals surface area contributed by atoms with Crippen molar-refractivity contribution in [2.45, 2.75) is 75.8 Å². The Morgan fingerprint density at radius 2 is 1.98 bits per heavy atom. The Kier molecular flexibility index (Phi) is 9.43. The van der Waals surface area contributed by atoms with Gasteiger partial charge in [-0.15, -0.1) is 0 Å². The molecule has 0 unspecified atom stereocenters. The first-order chi connectivity index (χ1) is 25.3.